The van der Waals surface area contributed by atoms with Crippen molar-refractivity contribution in [2.75, 3.05) is 24.6 Å². The number of hydrogen-bond acceptors (Lipinski definition) is 2. The summed E-state index contributed by atoms with van der Waals surface area (Å²) in [6, 6.07) is 0. The predicted molar refractivity (Wildman–Crippen MR) is 62.4 cm³/mol. The molecule has 0 amide bonds. The maximum Gasteiger partial charge on any atom is -0.00199 e. The Morgan fingerprint density at radius 3 is 2.62 bits per heavy atom. The third kappa shape index (κ3) is 5.58. The Morgan fingerprint density at radius 2 is 2.00 bits per heavy atom. The third-order valence-electron chi connectivity index (χ3n) is 2.67. The SMILES string of the molecule is CC(C)CCNCC1CCSCC1. The van der Waals surface area contributed by atoms with E-state index in [0.29, 0.717) is 0 Å². The van der Waals surface area contributed by atoms with E-state index in [2.05, 4.69) is 30.9 Å². The second kappa shape index (κ2) is 6.72. The minimum absolute atomic E-state index is 0.842. The van der Waals surface area contributed by atoms with Crippen LogP contribution < -0.4 is 5.32 Å². The van der Waals surface area contributed by atoms with Crippen LogP contribution in [0.2, 0.25) is 0 Å². The predicted octanol–water partition coefficient (Wildman–Crippen LogP) is 2.77. The molecule has 0 spiro atoms. The lowest BCUT2D eigenvalue weighted by Crippen LogP contribution is -2.27. The Kier molecular flexibility index (Phi) is 5.88. The number of nitrogens with one attached hydrogen (secondary N) is 1. The lowest BCUT2D eigenvalue weighted by atomic mass is 10.0. The van der Waals surface area contributed by atoms with Gasteiger partial charge in [-0.3, -0.25) is 0 Å². The molecule has 78 valence electrons. The van der Waals surface area contributed by atoms with Crippen LogP contribution in [0.15, 0.2) is 0 Å². The Morgan fingerprint density at radius 1 is 1.31 bits per heavy atom. The number of thioether (sulfide) groups is 1. The quantitative estimate of drug-likeness (QED) is 0.687. The van der Waals surface area contributed by atoms with Gasteiger partial charge in [0.2, 0.25) is 0 Å². The van der Waals surface area contributed by atoms with E-state index < -0.39 is 0 Å². The standard InChI is InChI=1S/C11H23NS/c1-10(2)3-6-12-9-11-4-7-13-8-5-11/h10-12H,3-9H2,1-2H3. The molecule has 0 aromatic rings. The molecule has 1 nitrogen and oxygen atoms in total. The smallest absolute Gasteiger partial charge is 0.00199 e. The third-order valence-corrected chi connectivity index (χ3v) is 3.72. The van der Waals surface area contributed by atoms with Crippen molar-refractivity contribution >= 4 is 11.8 Å². The monoisotopic (exact) mass is 201 g/mol. The summed E-state index contributed by atoms with van der Waals surface area (Å²) in [7, 11) is 0. The van der Waals surface area contributed by atoms with Crippen LogP contribution in [0.25, 0.3) is 0 Å². The van der Waals surface area contributed by atoms with E-state index in [9.17, 15) is 0 Å². The molecule has 13 heavy (non-hydrogen) atoms. The molecule has 0 radical (unpaired) electrons. The first-order valence-corrected chi connectivity index (χ1v) is 6.73. The van der Waals surface area contributed by atoms with E-state index in [1.165, 1.54) is 43.9 Å². The molecule has 1 aliphatic heterocycles. The Bertz CT molecular complexity index is 119. The highest BCUT2D eigenvalue weighted by molar-refractivity contribution is 7.99. The summed E-state index contributed by atoms with van der Waals surface area (Å²) < 4.78 is 0. The molecule has 1 aliphatic rings. The van der Waals surface area contributed by atoms with Gasteiger partial charge in [-0.15, -0.1) is 0 Å². The Labute approximate surface area is 87.1 Å². The van der Waals surface area contributed by atoms with Crippen molar-refractivity contribution in [3.8, 4) is 0 Å². The maximum atomic E-state index is 3.58. The largest absolute Gasteiger partial charge is 0.316 e. The van der Waals surface area contributed by atoms with Crippen molar-refractivity contribution in [3.05, 3.63) is 0 Å². The second-order valence-corrected chi connectivity index (χ2v) is 5.67. The zero-order valence-corrected chi connectivity index (χ0v) is 9.83. The van der Waals surface area contributed by atoms with E-state index in [0.717, 1.165) is 11.8 Å². The first kappa shape index (κ1) is 11.4. The van der Waals surface area contributed by atoms with Gasteiger partial charge in [0.1, 0.15) is 0 Å². The lowest BCUT2D eigenvalue weighted by Gasteiger charge is -2.21. The van der Waals surface area contributed by atoms with Crippen molar-refractivity contribution in [3.63, 3.8) is 0 Å². The molecule has 0 aliphatic carbocycles. The summed E-state index contributed by atoms with van der Waals surface area (Å²) in [4.78, 5) is 0. The van der Waals surface area contributed by atoms with Crippen molar-refractivity contribution in [2.24, 2.45) is 11.8 Å². The highest BCUT2D eigenvalue weighted by Crippen LogP contribution is 2.21. The lowest BCUT2D eigenvalue weighted by molar-refractivity contribution is 0.433. The molecule has 0 bridgehead atoms. The molecule has 1 rings (SSSR count). The van der Waals surface area contributed by atoms with Crippen molar-refractivity contribution < 1.29 is 0 Å². The van der Waals surface area contributed by atoms with Crippen LogP contribution in [0.5, 0.6) is 0 Å². The van der Waals surface area contributed by atoms with E-state index in [-0.39, 0.29) is 0 Å². The van der Waals surface area contributed by atoms with E-state index in [1.54, 1.807) is 0 Å². The topological polar surface area (TPSA) is 12.0 Å². The van der Waals surface area contributed by atoms with E-state index in [4.69, 9.17) is 0 Å². The second-order valence-electron chi connectivity index (χ2n) is 4.44. The van der Waals surface area contributed by atoms with Gasteiger partial charge in [0.15, 0.2) is 0 Å². The van der Waals surface area contributed by atoms with Gasteiger partial charge in [-0.25, -0.2) is 0 Å². The first-order chi connectivity index (χ1) is 6.29. The van der Waals surface area contributed by atoms with Crippen molar-refractivity contribution in [1.29, 1.82) is 0 Å². The molecule has 1 saturated heterocycles. The highest BCUT2D eigenvalue weighted by atomic mass is 32.2. The van der Waals surface area contributed by atoms with Gasteiger partial charge in [0.05, 0.1) is 0 Å². The van der Waals surface area contributed by atoms with Gasteiger partial charge in [0.25, 0.3) is 0 Å². The normalized spacial score (nSPS) is 19.6. The zero-order chi connectivity index (χ0) is 9.52. The molecule has 2 heteroatoms. The van der Waals surface area contributed by atoms with Gasteiger partial charge in [0, 0.05) is 0 Å². The number of rotatable bonds is 5. The summed E-state index contributed by atoms with van der Waals surface area (Å²) in [6.45, 7) is 7.05. The van der Waals surface area contributed by atoms with Crippen LogP contribution in [0.3, 0.4) is 0 Å². The first-order valence-electron chi connectivity index (χ1n) is 5.57. The van der Waals surface area contributed by atoms with E-state index >= 15 is 0 Å². The number of hydrogen-bond donors (Lipinski definition) is 1. The minimum Gasteiger partial charge on any atom is -0.316 e. The molecule has 0 atom stereocenters. The minimum atomic E-state index is 0.842. The van der Waals surface area contributed by atoms with Crippen LogP contribution >= 0.6 is 11.8 Å². The fourth-order valence-corrected chi connectivity index (χ4v) is 2.85. The zero-order valence-electron chi connectivity index (χ0n) is 9.01. The van der Waals surface area contributed by atoms with Crippen LogP contribution in [-0.2, 0) is 0 Å². The molecule has 1 fully saturated rings. The summed E-state index contributed by atoms with van der Waals surface area (Å²) in [5.74, 6) is 4.58. The fraction of sp³-hybridized carbons (Fsp3) is 1.00. The summed E-state index contributed by atoms with van der Waals surface area (Å²) >= 11 is 2.11. The van der Waals surface area contributed by atoms with Gasteiger partial charge >= 0.3 is 0 Å². The molecule has 0 aromatic heterocycles. The maximum absolute atomic E-state index is 3.58. The molecule has 0 aromatic carbocycles. The molecule has 1 N–H and O–H groups in total. The van der Waals surface area contributed by atoms with Crippen molar-refractivity contribution in [1.82, 2.24) is 5.32 Å². The van der Waals surface area contributed by atoms with E-state index in [1.807, 2.05) is 0 Å². The van der Waals surface area contributed by atoms with Crippen LogP contribution in [0.1, 0.15) is 33.1 Å². The molecule has 1 heterocycles. The highest BCUT2D eigenvalue weighted by Gasteiger charge is 2.12. The van der Waals surface area contributed by atoms with Gasteiger partial charge in [-0.1, -0.05) is 13.8 Å². The van der Waals surface area contributed by atoms with Gasteiger partial charge in [-0.2, -0.15) is 11.8 Å². The summed E-state index contributed by atoms with van der Waals surface area (Å²) in [5.41, 5.74) is 0. The molecular weight excluding hydrogens is 178 g/mol. The van der Waals surface area contributed by atoms with Crippen molar-refractivity contribution in [2.45, 2.75) is 33.1 Å². The Balaban J connectivity index is 1.92. The molecular formula is C11H23NS. The summed E-state index contributed by atoms with van der Waals surface area (Å²) in [6.07, 6.45) is 4.18. The van der Waals surface area contributed by atoms with Crippen LogP contribution in [0.4, 0.5) is 0 Å². The van der Waals surface area contributed by atoms with Crippen LogP contribution in [0, 0.1) is 11.8 Å². The fourth-order valence-electron chi connectivity index (χ4n) is 1.65. The average molecular weight is 201 g/mol. The molecule has 0 unspecified atom stereocenters. The van der Waals surface area contributed by atoms with Crippen LogP contribution in [-0.4, -0.2) is 24.6 Å². The Hall–Kier alpha value is 0.310. The average Bonchev–Trinajstić information content (AvgIpc) is 2.14. The van der Waals surface area contributed by atoms with Gasteiger partial charge < -0.3 is 5.32 Å². The summed E-state index contributed by atoms with van der Waals surface area (Å²) in [5, 5.41) is 3.58. The molecule has 0 saturated carbocycles. The van der Waals surface area contributed by atoms with Gasteiger partial charge in [-0.05, 0) is 55.7 Å².